The SMILES string of the molecule is O=C(COc1ccc(-c2nnco2)cc1)Nc1ccc(N2CCN(Cc3ccccc3)CC2)cc1. The molecular formula is C27H27N5O3. The van der Waals surface area contributed by atoms with E-state index in [9.17, 15) is 4.79 Å². The number of rotatable bonds is 8. The molecule has 0 bridgehead atoms. The zero-order valence-corrected chi connectivity index (χ0v) is 19.3. The molecule has 1 aliphatic rings. The molecule has 1 aliphatic heterocycles. The van der Waals surface area contributed by atoms with Crippen LogP contribution < -0.4 is 15.0 Å². The Morgan fingerprint density at radius 1 is 0.914 bits per heavy atom. The van der Waals surface area contributed by atoms with Crippen LogP contribution in [0, 0.1) is 0 Å². The van der Waals surface area contributed by atoms with Gasteiger partial charge in [-0.2, -0.15) is 0 Å². The molecule has 2 heterocycles. The minimum atomic E-state index is -0.215. The summed E-state index contributed by atoms with van der Waals surface area (Å²) in [7, 11) is 0. The van der Waals surface area contributed by atoms with Crippen molar-refractivity contribution in [2.45, 2.75) is 6.54 Å². The van der Waals surface area contributed by atoms with Gasteiger partial charge in [-0.3, -0.25) is 9.69 Å². The lowest BCUT2D eigenvalue weighted by atomic mass is 10.2. The third-order valence-corrected chi connectivity index (χ3v) is 5.97. The molecule has 0 aliphatic carbocycles. The largest absolute Gasteiger partial charge is 0.484 e. The standard InChI is InChI=1S/C27H27N5O3/c33-26(19-34-25-12-6-22(7-13-25)27-30-28-20-35-27)29-23-8-10-24(11-9-23)32-16-14-31(15-17-32)18-21-4-2-1-3-5-21/h1-13,20H,14-19H2,(H,29,33). The smallest absolute Gasteiger partial charge is 0.262 e. The Balaban J connectivity index is 1.06. The van der Waals surface area contributed by atoms with Crippen molar-refractivity contribution in [2.24, 2.45) is 0 Å². The fourth-order valence-corrected chi connectivity index (χ4v) is 4.10. The number of aromatic nitrogens is 2. The normalized spacial score (nSPS) is 14.0. The minimum Gasteiger partial charge on any atom is -0.484 e. The Morgan fingerprint density at radius 2 is 1.66 bits per heavy atom. The van der Waals surface area contributed by atoms with E-state index in [2.05, 4.69) is 67.8 Å². The molecule has 1 aromatic heterocycles. The zero-order chi connectivity index (χ0) is 23.9. The molecule has 8 nitrogen and oxygen atoms in total. The Labute approximate surface area is 204 Å². The summed E-state index contributed by atoms with van der Waals surface area (Å²) >= 11 is 0. The number of piperazine rings is 1. The second-order valence-electron chi connectivity index (χ2n) is 8.40. The number of amides is 1. The summed E-state index contributed by atoms with van der Waals surface area (Å²) < 4.78 is 10.8. The van der Waals surface area contributed by atoms with E-state index in [1.54, 1.807) is 24.3 Å². The van der Waals surface area contributed by atoms with Gasteiger partial charge in [0.2, 0.25) is 12.3 Å². The average Bonchev–Trinajstić information content (AvgIpc) is 3.45. The first kappa shape index (κ1) is 22.6. The first-order chi connectivity index (χ1) is 17.2. The molecule has 1 amide bonds. The van der Waals surface area contributed by atoms with Crippen molar-refractivity contribution in [3.8, 4) is 17.2 Å². The number of carbonyl (C=O) groups is 1. The van der Waals surface area contributed by atoms with Gasteiger partial charge in [-0.1, -0.05) is 30.3 Å². The molecule has 4 aromatic rings. The van der Waals surface area contributed by atoms with Crippen molar-refractivity contribution in [3.63, 3.8) is 0 Å². The first-order valence-electron chi connectivity index (χ1n) is 11.6. The van der Waals surface area contributed by atoms with Gasteiger partial charge in [0.25, 0.3) is 5.91 Å². The maximum absolute atomic E-state index is 12.3. The first-order valence-corrected chi connectivity index (χ1v) is 11.6. The number of benzene rings is 3. The molecular weight excluding hydrogens is 442 g/mol. The number of hydrogen-bond donors (Lipinski definition) is 1. The average molecular weight is 470 g/mol. The van der Waals surface area contributed by atoms with E-state index in [4.69, 9.17) is 9.15 Å². The predicted octanol–water partition coefficient (Wildman–Crippen LogP) is 4.08. The molecule has 1 N–H and O–H groups in total. The van der Waals surface area contributed by atoms with Crippen LogP contribution in [0.5, 0.6) is 5.75 Å². The minimum absolute atomic E-state index is 0.0783. The number of hydrogen-bond acceptors (Lipinski definition) is 7. The quantitative estimate of drug-likeness (QED) is 0.416. The van der Waals surface area contributed by atoms with Gasteiger partial charge in [-0.15, -0.1) is 10.2 Å². The van der Waals surface area contributed by atoms with Gasteiger partial charge in [0.1, 0.15) is 5.75 Å². The summed E-state index contributed by atoms with van der Waals surface area (Å²) in [6, 6.07) is 25.7. The van der Waals surface area contributed by atoms with E-state index >= 15 is 0 Å². The summed E-state index contributed by atoms with van der Waals surface area (Å²) in [5, 5.41) is 10.4. The van der Waals surface area contributed by atoms with Crippen LogP contribution in [0.25, 0.3) is 11.5 Å². The number of nitrogens with one attached hydrogen (secondary N) is 1. The molecule has 35 heavy (non-hydrogen) atoms. The molecule has 0 unspecified atom stereocenters. The molecule has 0 radical (unpaired) electrons. The second kappa shape index (κ2) is 10.8. The van der Waals surface area contributed by atoms with Crippen LogP contribution in [0.4, 0.5) is 11.4 Å². The van der Waals surface area contributed by atoms with Crippen LogP contribution in [0.3, 0.4) is 0 Å². The highest BCUT2D eigenvalue weighted by Gasteiger charge is 2.17. The highest BCUT2D eigenvalue weighted by atomic mass is 16.5. The van der Waals surface area contributed by atoms with Crippen LogP contribution >= 0.6 is 0 Å². The van der Waals surface area contributed by atoms with Crippen molar-refractivity contribution in [3.05, 3.63) is 90.8 Å². The van der Waals surface area contributed by atoms with Gasteiger partial charge < -0.3 is 19.4 Å². The molecule has 178 valence electrons. The maximum atomic E-state index is 12.3. The van der Waals surface area contributed by atoms with E-state index in [1.165, 1.54) is 17.6 Å². The summed E-state index contributed by atoms with van der Waals surface area (Å²) in [4.78, 5) is 17.2. The maximum Gasteiger partial charge on any atom is 0.262 e. The van der Waals surface area contributed by atoms with Gasteiger partial charge in [-0.05, 0) is 54.1 Å². The van der Waals surface area contributed by atoms with E-state index in [0.29, 0.717) is 11.6 Å². The lowest BCUT2D eigenvalue weighted by molar-refractivity contribution is -0.118. The highest BCUT2D eigenvalue weighted by molar-refractivity contribution is 5.92. The van der Waals surface area contributed by atoms with Crippen LogP contribution in [0.15, 0.2) is 89.7 Å². The molecule has 0 atom stereocenters. The van der Waals surface area contributed by atoms with Gasteiger partial charge >= 0.3 is 0 Å². The summed E-state index contributed by atoms with van der Waals surface area (Å²) in [6.45, 7) is 4.94. The van der Waals surface area contributed by atoms with Crippen LogP contribution in [0.1, 0.15) is 5.56 Å². The zero-order valence-electron chi connectivity index (χ0n) is 19.3. The van der Waals surface area contributed by atoms with Crippen LogP contribution in [0.2, 0.25) is 0 Å². The Hall–Kier alpha value is -4.17. The fourth-order valence-electron chi connectivity index (χ4n) is 4.10. The number of carbonyl (C=O) groups excluding carboxylic acids is 1. The lowest BCUT2D eigenvalue weighted by Gasteiger charge is -2.36. The topological polar surface area (TPSA) is 83.7 Å². The molecule has 3 aromatic carbocycles. The van der Waals surface area contributed by atoms with E-state index in [-0.39, 0.29) is 12.5 Å². The third-order valence-electron chi connectivity index (χ3n) is 5.97. The number of anilines is 2. The highest BCUT2D eigenvalue weighted by Crippen LogP contribution is 2.22. The fraction of sp³-hybridized carbons (Fsp3) is 0.222. The van der Waals surface area contributed by atoms with Crippen molar-refractivity contribution >= 4 is 17.3 Å². The molecule has 0 saturated carbocycles. The lowest BCUT2D eigenvalue weighted by Crippen LogP contribution is -2.45. The Morgan fingerprint density at radius 3 is 2.34 bits per heavy atom. The van der Waals surface area contributed by atoms with Gasteiger partial charge in [0.15, 0.2) is 6.61 Å². The number of nitrogens with zero attached hydrogens (tertiary/aromatic N) is 4. The van der Waals surface area contributed by atoms with E-state index < -0.39 is 0 Å². The summed E-state index contributed by atoms with van der Waals surface area (Å²) in [5.74, 6) is 0.810. The summed E-state index contributed by atoms with van der Waals surface area (Å²) in [6.07, 6.45) is 1.28. The van der Waals surface area contributed by atoms with Crippen molar-refractivity contribution in [1.29, 1.82) is 0 Å². The Bertz CT molecular complexity index is 1200. The van der Waals surface area contributed by atoms with Crippen molar-refractivity contribution in [1.82, 2.24) is 15.1 Å². The van der Waals surface area contributed by atoms with E-state index in [1.807, 2.05) is 12.1 Å². The molecule has 0 spiro atoms. The van der Waals surface area contributed by atoms with Gasteiger partial charge in [-0.25, -0.2) is 0 Å². The predicted molar refractivity (Wildman–Crippen MR) is 134 cm³/mol. The molecule has 5 rings (SSSR count). The van der Waals surface area contributed by atoms with Crippen LogP contribution in [-0.2, 0) is 11.3 Å². The van der Waals surface area contributed by atoms with Crippen molar-refractivity contribution < 1.29 is 13.9 Å². The molecule has 1 fully saturated rings. The second-order valence-corrected chi connectivity index (χ2v) is 8.40. The van der Waals surface area contributed by atoms with Gasteiger partial charge in [0.05, 0.1) is 0 Å². The summed E-state index contributed by atoms with van der Waals surface area (Å²) in [5.41, 5.74) is 4.06. The van der Waals surface area contributed by atoms with Gasteiger partial charge in [0, 0.05) is 49.7 Å². The molecule has 8 heteroatoms. The number of ether oxygens (including phenoxy) is 1. The van der Waals surface area contributed by atoms with E-state index in [0.717, 1.165) is 44.0 Å². The Kier molecular flexibility index (Phi) is 7.00. The van der Waals surface area contributed by atoms with Crippen molar-refractivity contribution in [2.75, 3.05) is 43.0 Å². The monoisotopic (exact) mass is 469 g/mol. The van der Waals surface area contributed by atoms with Crippen LogP contribution in [-0.4, -0.2) is 53.8 Å². The molecule has 1 saturated heterocycles. The third kappa shape index (κ3) is 6.04.